The first-order valence-electron chi connectivity index (χ1n) is 9.84. The quantitative estimate of drug-likeness (QED) is 0.443. The zero-order valence-corrected chi connectivity index (χ0v) is 16.9. The molecule has 0 unspecified atom stereocenters. The van der Waals surface area contributed by atoms with Gasteiger partial charge in [-0.3, -0.25) is 14.8 Å². The summed E-state index contributed by atoms with van der Waals surface area (Å²) in [5.74, 6) is -0.149. The normalized spacial score (nSPS) is 11.1. The molecular weight excluding hydrogens is 390 g/mol. The van der Waals surface area contributed by atoms with Crippen molar-refractivity contribution in [1.82, 2.24) is 34.4 Å². The Morgan fingerprint density at radius 2 is 1.74 bits per heavy atom. The fourth-order valence-electron chi connectivity index (χ4n) is 3.45. The molecule has 0 bridgehead atoms. The number of fused-ring (bicyclic) bond motifs is 2. The number of para-hydroxylation sites is 2. The lowest BCUT2D eigenvalue weighted by Crippen LogP contribution is -2.26. The van der Waals surface area contributed by atoms with E-state index in [0.717, 1.165) is 22.4 Å². The van der Waals surface area contributed by atoms with Crippen LogP contribution in [0.25, 0.3) is 22.2 Å². The molecule has 0 N–H and O–H groups in total. The summed E-state index contributed by atoms with van der Waals surface area (Å²) in [4.78, 5) is 36.8. The SMILES string of the molecule is CN(Cc1cnc2ccccc2n1)C(=O)c1cnc2c(c1)ncn2Cc1ccccn1. The Kier molecular flexibility index (Phi) is 4.80. The van der Waals surface area contributed by atoms with Crippen molar-refractivity contribution in [3.8, 4) is 0 Å². The number of carbonyl (C=O) groups excluding carboxylic acids is 1. The summed E-state index contributed by atoms with van der Waals surface area (Å²) in [5.41, 5.74) is 5.14. The highest BCUT2D eigenvalue weighted by Gasteiger charge is 2.16. The summed E-state index contributed by atoms with van der Waals surface area (Å²) >= 11 is 0. The summed E-state index contributed by atoms with van der Waals surface area (Å²) in [6, 6.07) is 15.2. The Morgan fingerprint density at radius 3 is 2.58 bits per heavy atom. The third kappa shape index (κ3) is 3.83. The van der Waals surface area contributed by atoms with Gasteiger partial charge in [-0.25, -0.2) is 15.0 Å². The fraction of sp³-hybridized carbons (Fsp3) is 0.130. The fourth-order valence-corrected chi connectivity index (χ4v) is 3.45. The average molecular weight is 409 g/mol. The summed E-state index contributed by atoms with van der Waals surface area (Å²) < 4.78 is 1.92. The van der Waals surface area contributed by atoms with Crippen molar-refractivity contribution in [2.75, 3.05) is 7.05 Å². The van der Waals surface area contributed by atoms with Gasteiger partial charge < -0.3 is 9.47 Å². The molecule has 1 aromatic carbocycles. The first-order chi connectivity index (χ1) is 15.2. The zero-order chi connectivity index (χ0) is 21.2. The van der Waals surface area contributed by atoms with Gasteiger partial charge >= 0.3 is 0 Å². The van der Waals surface area contributed by atoms with E-state index in [1.807, 2.05) is 47.0 Å². The smallest absolute Gasteiger partial charge is 0.255 e. The predicted molar refractivity (Wildman–Crippen MR) is 116 cm³/mol. The van der Waals surface area contributed by atoms with Crippen molar-refractivity contribution >= 4 is 28.1 Å². The highest BCUT2D eigenvalue weighted by molar-refractivity contribution is 5.96. The lowest BCUT2D eigenvalue weighted by Gasteiger charge is -2.16. The van der Waals surface area contributed by atoms with E-state index < -0.39 is 0 Å². The molecule has 4 aromatic heterocycles. The molecule has 0 fully saturated rings. The average Bonchev–Trinajstić information content (AvgIpc) is 3.21. The topological polar surface area (TPSA) is 89.7 Å². The standard InChI is InChI=1S/C23H19N7O/c1-29(13-18-12-25-19-7-2-3-8-20(19)28-18)23(31)16-10-21-22(26-11-16)30(15-27-21)14-17-6-4-5-9-24-17/h2-12,15H,13-14H2,1H3. The van der Waals surface area contributed by atoms with Crippen molar-refractivity contribution in [3.05, 3.63) is 90.4 Å². The van der Waals surface area contributed by atoms with Crippen LogP contribution in [0.2, 0.25) is 0 Å². The van der Waals surface area contributed by atoms with E-state index in [1.165, 1.54) is 0 Å². The van der Waals surface area contributed by atoms with Crippen LogP contribution in [0.4, 0.5) is 0 Å². The second-order valence-electron chi connectivity index (χ2n) is 7.27. The van der Waals surface area contributed by atoms with Crippen LogP contribution >= 0.6 is 0 Å². The van der Waals surface area contributed by atoms with Crippen LogP contribution in [0.3, 0.4) is 0 Å². The van der Waals surface area contributed by atoms with Crippen LogP contribution in [0.15, 0.2) is 73.4 Å². The molecule has 8 heteroatoms. The molecule has 0 aliphatic carbocycles. The molecule has 152 valence electrons. The zero-order valence-electron chi connectivity index (χ0n) is 16.9. The maximum absolute atomic E-state index is 12.9. The number of amides is 1. The largest absolute Gasteiger partial charge is 0.336 e. The van der Waals surface area contributed by atoms with Crippen LogP contribution in [0, 0.1) is 0 Å². The van der Waals surface area contributed by atoms with Crippen LogP contribution in [-0.2, 0) is 13.1 Å². The van der Waals surface area contributed by atoms with Gasteiger partial charge in [0, 0.05) is 19.4 Å². The molecule has 0 saturated carbocycles. The van der Waals surface area contributed by atoms with Gasteiger partial charge in [-0.2, -0.15) is 0 Å². The van der Waals surface area contributed by atoms with E-state index in [2.05, 4.69) is 24.9 Å². The van der Waals surface area contributed by atoms with E-state index in [9.17, 15) is 4.79 Å². The van der Waals surface area contributed by atoms with Crippen molar-refractivity contribution < 1.29 is 4.79 Å². The second-order valence-corrected chi connectivity index (χ2v) is 7.27. The van der Waals surface area contributed by atoms with Gasteiger partial charge in [0.25, 0.3) is 5.91 Å². The van der Waals surface area contributed by atoms with Gasteiger partial charge in [0.15, 0.2) is 5.65 Å². The van der Waals surface area contributed by atoms with Gasteiger partial charge in [0.1, 0.15) is 5.52 Å². The minimum atomic E-state index is -0.149. The molecule has 5 aromatic rings. The summed E-state index contributed by atoms with van der Waals surface area (Å²) in [5, 5.41) is 0. The third-order valence-corrected chi connectivity index (χ3v) is 5.01. The number of pyridine rings is 2. The number of carbonyl (C=O) groups is 1. The van der Waals surface area contributed by atoms with Gasteiger partial charge in [-0.15, -0.1) is 0 Å². The summed E-state index contributed by atoms with van der Waals surface area (Å²) in [7, 11) is 1.74. The first-order valence-corrected chi connectivity index (χ1v) is 9.84. The molecule has 8 nitrogen and oxygen atoms in total. The molecular formula is C23H19N7O. The van der Waals surface area contributed by atoms with Crippen molar-refractivity contribution in [2.45, 2.75) is 13.1 Å². The Balaban J connectivity index is 1.35. The molecule has 1 amide bonds. The van der Waals surface area contributed by atoms with E-state index in [-0.39, 0.29) is 5.91 Å². The Morgan fingerprint density at radius 1 is 0.903 bits per heavy atom. The van der Waals surface area contributed by atoms with E-state index in [0.29, 0.717) is 29.8 Å². The van der Waals surface area contributed by atoms with Gasteiger partial charge in [-0.1, -0.05) is 18.2 Å². The monoisotopic (exact) mass is 409 g/mol. The number of benzene rings is 1. The van der Waals surface area contributed by atoms with Crippen LogP contribution in [0.5, 0.6) is 0 Å². The highest BCUT2D eigenvalue weighted by atomic mass is 16.2. The van der Waals surface area contributed by atoms with E-state index in [1.54, 1.807) is 42.9 Å². The van der Waals surface area contributed by atoms with Crippen molar-refractivity contribution in [2.24, 2.45) is 0 Å². The van der Waals surface area contributed by atoms with Gasteiger partial charge in [0.2, 0.25) is 0 Å². The Bertz CT molecular complexity index is 1380. The molecule has 31 heavy (non-hydrogen) atoms. The maximum atomic E-state index is 12.9. The maximum Gasteiger partial charge on any atom is 0.255 e. The van der Waals surface area contributed by atoms with Gasteiger partial charge in [-0.05, 0) is 30.3 Å². The van der Waals surface area contributed by atoms with E-state index in [4.69, 9.17) is 0 Å². The minimum Gasteiger partial charge on any atom is -0.336 e. The van der Waals surface area contributed by atoms with Crippen molar-refractivity contribution in [3.63, 3.8) is 0 Å². The molecule has 0 atom stereocenters. The highest BCUT2D eigenvalue weighted by Crippen LogP contribution is 2.16. The van der Waals surface area contributed by atoms with E-state index >= 15 is 0 Å². The minimum absolute atomic E-state index is 0.149. The van der Waals surface area contributed by atoms with Crippen molar-refractivity contribution in [1.29, 1.82) is 0 Å². The molecule has 4 heterocycles. The number of imidazole rings is 1. The van der Waals surface area contributed by atoms with Crippen LogP contribution in [0.1, 0.15) is 21.7 Å². The first kappa shape index (κ1) is 18.8. The molecule has 0 aliphatic rings. The Labute approximate surface area is 178 Å². The number of hydrogen-bond acceptors (Lipinski definition) is 6. The second kappa shape index (κ2) is 7.91. The summed E-state index contributed by atoms with van der Waals surface area (Å²) in [6.45, 7) is 0.918. The van der Waals surface area contributed by atoms with Crippen LogP contribution in [-0.4, -0.2) is 47.3 Å². The molecule has 5 rings (SSSR count). The van der Waals surface area contributed by atoms with Gasteiger partial charge in [0.05, 0.1) is 53.6 Å². The number of hydrogen-bond donors (Lipinski definition) is 0. The molecule has 0 aliphatic heterocycles. The number of rotatable bonds is 5. The van der Waals surface area contributed by atoms with Crippen LogP contribution < -0.4 is 0 Å². The lowest BCUT2D eigenvalue weighted by molar-refractivity contribution is 0.0783. The molecule has 0 radical (unpaired) electrons. The Hall–Kier alpha value is -4.20. The predicted octanol–water partition coefficient (Wildman–Crippen LogP) is 3.09. The number of nitrogens with zero attached hydrogens (tertiary/aromatic N) is 7. The molecule has 0 saturated heterocycles. The molecule has 0 spiro atoms. The third-order valence-electron chi connectivity index (χ3n) is 5.01. The summed E-state index contributed by atoms with van der Waals surface area (Å²) in [6.07, 6.45) is 6.76. The number of aromatic nitrogens is 6. The lowest BCUT2D eigenvalue weighted by atomic mass is 10.2.